The van der Waals surface area contributed by atoms with E-state index < -0.39 is 28.4 Å². The molecule has 6 nitrogen and oxygen atoms in total. The predicted octanol–water partition coefficient (Wildman–Crippen LogP) is -1.30. The highest BCUT2D eigenvalue weighted by Gasteiger charge is 2.48. The largest absolute Gasteiger partial charge is 0.365 e. The molecule has 14 heavy (non-hydrogen) atoms. The number of rotatable bonds is 2. The van der Waals surface area contributed by atoms with Crippen molar-refractivity contribution in [1.29, 1.82) is 0 Å². The van der Waals surface area contributed by atoms with Gasteiger partial charge in [0.15, 0.2) is 5.78 Å². The Labute approximate surface area is 81.3 Å². The zero-order valence-electron chi connectivity index (χ0n) is 7.50. The van der Waals surface area contributed by atoms with Crippen LogP contribution in [-0.4, -0.2) is 52.0 Å². The number of hydrogen-bond donors (Lipinski definition) is 0. The molecule has 2 aliphatic rings. The monoisotopic (exact) mass is 222 g/mol. The van der Waals surface area contributed by atoms with Gasteiger partial charge in [-0.3, -0.25) is 8.98 Å². The van der Waals surface area contributed by atoms with E-state index in [-0.39, 0.29) is 19.0 Å². The van der Waals surface area contributed by atoms with Crippen LogP contribution < -0.4 is 0 Å². The third-order valence-corrected chi connectivity index (χ3v) is 2.74. The number of hydrogen-bond acceptors (Lipinski definition) is 6. The van der Waals surface area contributed by atoms with Crippen molar-refractivity contribution in [3.05, 3.63) is 0 Å². The predicted molar refractivity (Wildman–Crippen MR) is 44.2 cm³/mol. The minimum atomic E-state index is -3.53. The first-order chi connectivity index (χ1) is 6.47. The number of carbonyl (C=O) groups excluding carboxylic acids is 1. The minimum absolute atomic E-state index is 0.0288. The van der Waals surface area contributed by atoms with Gasteiger partial charge in [0.1, 0.15) is 24.9 Å². The van der Waals surface area contributed by atoms with E-state index in [2.05, 4.69) is 0 Å². The topological polar surface area (TPSA) is 78.9 Å². The van der Waals surface area contributed by atoms with Gasteiger partial charge < -0.3 is 9.47 Å². The normalized spacial score (nSPS) is 37.5. The Balaban J connectivity index is 2.07. The first-order valence-corrected chi connectivity index (χ1v) is 5.93. The lowest BCUT2D eigenvalue weighted by atomic mass is 10.1. The molecule has 2 heterocycles. The lowest BCUT2D eigenvalue weighted by molar-refractivity contribution is -0.125. The molecule has 0 radical (unpaired) electrons. The summed E-state index contributed by atoms with van der Waals surface area (Å²) < 4.78 is 36.6. The van der Waals surface area contributed by atoms with Gasteiger partial charge >= 0.3 is 0 Å². The average molecular weight is 222 g/mol. The lowest BCUT2D eigenvalue weighted by Gasteiger charge is -2.13. The summed E-state index contributed by atoms with van der Waals surface area (Å²) in [4.78, 5) is 11.1. The van der Waals surface area contributed by atoms with Crippen molar-refractivity contribution in [2.24, 2.45) is 0 Å². The van der Waals surface area contributed by atoms with Gasteiger partial charge in [0.05, 0.1) is 12.9 Å². The molecule has 2 saturated heterocycles. The van der Waals surface area contributed by atoms with Gasteiger partial charge in [0.2, 0.25) is 0 Å². The van der Waals surface area contributed by atoms with Crippen LogP contribution in [0.15, 0.2) is 0 Å². The molecule has 7 heteroatoms. The van der Waals surface area contributed by atoms with Gasteiger partial charge in [-0.25, -0.2) is 0 Å². The smallest absolute Gasteiger partial charge is 0.264 e. The number of Topliss-reactive ketones (excluding diaryl/α,β-unsaturated/α-hetero) is 1. The second-order valence-electron chi connectivity index (χ2n) is 3.33. The van der Waals surface area contributed by atoms with E-state index in [0.29, 0.717) is 0 Å². The third kappa shape index (κ3) is 1.81. The Kier molecular flexibility index (Phi) is 2.34. The second-order valence-corrected chi connectivity index (χ2v) is 4.94. The van der Waals surface area contributed by atoms with Crippen molar-refractivity contribution in [3.63, 3.8) is 0 Å². The molecule has 0 unspecified atom stereocenters. The fraction of sp³-hybridized carbons (Fsp3) is 0.857. The maximum Gasteiger partial charge on any atom is 0.264 e. The van der Waals surface area contributed by atoms with Crippen LogP contribution in [0.4, 0.5) is 0 Å². The van der Waals surface area contributed by atoms with Gasteiger partial charge in [0.25, 0.3) is 10.1 Å². The van der Waals surface area contributed by atoms with Crippen LogP contribution in [0.3, 0.4) is 0 Å². The highest BCUT2D eigenvalue weighted by atomic mass is 32.2. The van der Waals surface area contributed by atoms with Crippen LogP contribution in [0, 0.1) is 0 Å². The van der Waals surface area contributed by atoms with Crippen molar-refractivity contribution in [2.75, 3.05) is 19.5 Å². The van der Waals surface area contributed by atoms with Gasteiger partial charge in [-0.1, -0.05) is 0 Å². The Hall–Kier alpha value is -0.500. The molecule has 2 rings (SSSR count). The zero-order chi connectivity index (χ0) is 10.3. The van der Waals surface area contributed by atoms with E-state index in [1.165, 1.54) is 0 Å². The first-order valence-electron chi connectivity index (χ1n) is 4.11. The summed E-state index contributed by atoms with van der Waals surface area (Å²) in [7, 11) is -3.53. The molecule has 0 aromatic rings. The number of carbonyl (C=O) groups is 1. The summed E-state index contributed by atoms with van der Waals surface area (Å²) in [6, 6.07) is 0. The van der Waals surface area contributed by atoms with E-state index in [1.54, 1.807) is 0 Å². The van der Waals surface area contributed by atoms with Gasteiger partial charge in [-0.05, 0) is 0 Å². The minimum Gasteiger partial charge on any atom is -0.365 e. The summed E-state index contributed by atoms with van der Waals surface area (Å²) in [5.74, 6) is -0.158. The fourth-order valence-corrected chi connectivity index (χ4v) is 2.24. The molecule has 0 aliphatic carbocycles. The molecule has 2 fully saturated rings. The van der Waals surface area contributed by atoms with Crippen LogP contribution in [-0.2, 0) is 28.6 Å². The number of ether oxygens (including phenoxy) is 2. The van der Waals surface area contributed by atoms with Crippen LogP contribution in [0.25, 0.3) is 0 Å². The summed E-state index contributed by atoms with van der Waals surface area (Å²) in [5, 5.41) is 0. The molecule has 0 aromatic carbocycles. The maximum absolute atomic E-state index is 11.1. The fourth-order valence-electron chi connectivity index (χ4n) is 1.62. The standard InChI is InChI=1S/C7H10O6S/c1-14(9,10)13-5-3-12-6-4(8)2-11-7(5)6/h5-7H,2-3H2,1H3/t5-,6-,7-/m1/s1. The summed E-state index contributed by atoms with van der Waals surface area (Å²) >= 11 is 0. The van der Waals surface area contributed by atoms with Crippen molar-refractivity contribution in [3.8, 4) is 0 Å². The highest BCUT2D eigenvalue weighted by Crippen LogP contribution is 2.26. The molecular weight excluding hydrogens is 212 g/mol. The molecule has 0 N–H and O–H groups in total. The first kappa shape index (κ1) is 10.0. The molecule has 80 valence electrons. The number of fused-ring (bicyclic) bond motifs is 1. The Bertz CT molecular complexity index is 347. The van der Waals surface area contributed by atoms with Gasteiger partial charge in [-0.15, -0.1) is 0 Å². The van der Waals surface area contributed by atoms with Gasteiger partial charge in [0, 0.05) is 0 Å². The molecule has 3 atom stereocenters. The third-order valence-electron chi connectivity index (χ3n) is 2.14. The lowest BCUT2D eigenvalue weighted by Crippen LogP contribution is -2.32. The van der Waals surface area contributed by atoms with E-state index in [0.717, 1.165) is 6.26 Å². The molecule has 0 bridgehead atoms. The van der Waals surface area contributed by atoms with Crippen LogP contribution in [0.5, 0.6) is 0 Å². The zero-order valence-corrected chi connectivity index (χ0v) is 8.32. The molecule has 0 amide bonds. The van der Waals surface area contributed by atoms with E-state index in [9.17, 15) is 13.2 Å². The Morgan fingerprint density at radius 1 is 1.43 bits per heavy atom. The SMILES string of the molecule is CS(=O)(=O)O[C@@H]1CO[C@@H]2C(=O)CO[C@@H]21. The van der Waals surface area contributed by atoms with E-state index in [1.807, 2.05) is 0 Å². The van der Waals surface area contributed by atoms with Crippen LogP contribution in [0.2, 0.25) is 0 Å². The Morgan fingerprint density at radius 3 is 2.79 bits per heavy atom. The van der Waals surface area contributed by atoms with Crippen LogP contribution in [0.1, 0.15) is 0 Å². The maximum atomic E-state index is 11.1. The molecule has 2 aliphatic heterocycles. The van der Waals surface area contributed by atoms with Crippen LogP contribution >= 0.6 is 0 Å². The second kappa shape index (κ2) is 3.27. The van der Waals surface area contributed by atoms with E-state index in [4.69, 9.17) is 13.7 Å². The van der Waals surface area contributed by atoms with Crippen molar-refractivity contribution in [2.45, 2.75) is 18.3 Å². The highest BCUT2D eigenvalue weighted by molar-refractivity contribution is 7.86. The van der Waals surface area contributed by atoms with Crippen molar-refractivity contribution >= 4 is 15.9 Å². The van der Waals surface area contributed by atoms with E-state index >= 15 is 0 Å². The number of ketones is 1. The average Bonchev–Trinajstić information content (AvgIpc) is 2.55. The quantitative estimate of drug-likeness (QED) is 0.540. The summed E-state index contributed by atoms with van der Waals surface area (Å²) in [6.07, 6.45) is -0.961. The van der Waals surface area contributed by atoms with Crippen molar-refractivity contribution < 1.29 is 26.9 Å². The Morgan fingerprint density at radius 2 is 2.14 bits per heavy atom. The summed E-state index contributed by atoms with van der Waals surface area (Å²) in [6.45, 7) is 0.0487. The molecule has 0 aromatic heterocycles. The molecule has 0 saturated carbocycles. The molecular formula is C7H10O6S. The van der Waals surface area contributed by atoms with Crippen molar-refractivity contribution in [1.82, 2.24) is 0 Å². The van der Waals surface area contributed by atoms with Gasteiger partial charge in [-0.2, -0.15) is 8.42 Å². The molecule has 0 spiro atoms. The summed E-state index contributed by atoms with van der Waals surface area (Å²) in [5.41, 5.74) is 0.